The van der Waals surface area contributed by atoms with Gasteiger partial charge in [-0.1, -0.05) is 23.4 Å². The summed E-state index contributed by atoms with van der Waals surface area (Å²) in [6.07, 6.45) is 0. The van der Waals surface area contributed by atoms with Gasteiger partial charge in [0.2, 0.25) is 0 Å². The van der Waals surface area contributed by atoms with Crippen molar-refractivity contribution in [3.63, 3.8) is 0 Å². The minimum atomic E-state index is -0.246. The highest BCUT2D eigenvalue weighted by molar-refractivity contribution is 5.79. The van der Waals surface area contributed by atoms with Gasteiger partial charge in [-0.3, -0.25) is 0 Å². The highest BCUT2D eigenvalue weighted by atomic mass is 19.1. The molecule has 21 heavy (non-hydrogen) atoms. The monoisotopic (exact) mass is 290 g/mol. The standard InChI is InChI=1S/C15H19FN4O/c1-3-17-15(19-10-13-8-11(2)21-20-13)18-9-12-6-4-5-7-14(12)16/h4-8H,3,9-10H2,1-2H3,(H2,17,18,19). The maximum absolute atomic E-state index is 13.5. The van der Waals surface area contributed by atoms with Gasteiger partial charge in [-0.25, -0.2) is 9.38 Å². The van der Waals surface area contributed by atoms with Crippen LogP contribution >= 0.6 is 0 Å². The van der Waals surface area contributed by atoms with E-state index in [9.17, 15) is 4.39 Å². The van der Waals surface area contributed by atoms with Crippen LogP contribution in [0.4, 0.5) is 4.39 Å². The van der Waals surface area contributed by atoms with Crippen LogP contribution in [-0.4, -0.2) is 17.7 Å². The molecule has 0 aliphatic rings. The van der Waals surface area contributed by atoms with Crippen molar-refractivity contribution in [1.29, 1.82) is 0 Å². The summed E-state index contributed by atoms with van der Waals surface area (Å²) in [7, 11) is 0. The predicted octanol–water partition coefficient (Wildman–Crippen LogP) is 2.38. The van der Waals surface area contributed by atoms with Crippen molar-refractivity contribution in [2.24, 2.45) is 4.99 Å². The predicted molar refractivity (Wildman–Crippen MR) is 79.3 cm³/mol. The minimum absolute atomic E-state index is 0.246. The summed E-state index contributed by atoms with van der Waals surface area (Å²) in [5.41, 5.74) is 1.36. The molecule has 0 fully saturated rings. The van der Waals surface area contributed by atoms with Crippen LogP contribution < -0.4 is 10.6 Å². The van der Waals surface area contributed by atoms with Crippen molar-refractivity contribution >= 4 is 5.96 Å². The van der Waals surface area contributed by atoms with Crippen molar-refractivity contribution in [1.82, 2.24) is 15.8 Å². The van der Waals surface area contributed by atoms with Crippen molar-refractivity contribution < 1.29 is 8.91 Å². The van der Waals surface area contributed by atoms with E-state index in [1.165, 1.54) is 6.07 Å². The molecule has 0 amide bonds. The van der Waals surface area contributed by atoms with Crippen molar-refractivity contribution in [3.8, 4) is 0 Å². The van der Waals surface area contributed by atoms with Crippen LogP contribution in [0.25, 0.3) is 0 Å². The topological polar surface area (TPSA) is 62.5 Å². The molecule has 1 aromatic heterocycles. The van der Waals surface area contributed by atoms with E-state index in [1.54, 1.807) is 18.2 Å². The Bertz CT molecular complexity index is 609. The minimum Gasteiger partial charge on any atom is -0.361 e. The average molecular weight is 290 g/mol. The summed E-state index contributed by atoms with van der Waals surface area (Å²) < 4.78 is 18.5. The van der Waals surface area contributed by atoms with Gasteiger partial charge in [-0.2, -0.15) is 0 Å². The molecule has 0 aliphatic heterocycles. The SMILES string of the molecule is CCNC(=NCc1ccccc1F)NCc1cc(C)on1. The first-order valence-electron chi connectivity index (χ1n) is 6.87. The first-order chi connectivity index (χ1) is 10.2. The Kier molecular flexibility index (Phi) is 5.31. The zero-order chi connectivity index (χ0) is 15.1. The van der Waals surface area contributed by atoms with Crippen molar-refractivity contribution in [3.05, 3.63) is 53.2 Å². The Labute approximate surface area is 123 Å². The first kappa shape index (κ1) is 15.0. The van der Waals surface area contributed by atoms with E-state index in [-0.39, 0.29) is 12.4 Å². The second kappa shape index (κ2) is 7.42. The molecular formula is C15H19FN4O. The van der Waals surface area contributed by atoms with Crippen LogP contribution in [0, 0.1) is 12.7 Å². The van der Waals surface area contributed by atoms with Gasteiger partial charge in [0.15, 0.2) is 5.96 Å². The third-order valence-corrected chi connectivity index (χ3v) is 2.82. The van der Waals surface area contributed by atoms with Crippen LogP contribution in [0.3, 0.4) is 0 Å². The molecule has 2 rings (SSSR count). The molecule has 0 atom stereocenters. The highest BCUT2D eigenvalue weighted by Gasteiger charge is 2.04. The van der Waals surface area contributed by atoms with Gasteiger partial charge in [0.05, 0.1) is 13.1 Å². The van der Waals surface area contributed by atoms with Gasteiger partial charge in [-0.05, 0) is 19.9 Å². The molecule has 1 aromatic carbocycles. The molecule has 6 heteroatoms. The summed E-state index contributed by atoms with van der Waals surface area (Å²) in [5, 5.41) is 10.1. The lowest BCUT2D eigenvalue weighted by molar-refractivity contribution is 0.390. The van der Waals surface area contributed by atoms with Gasteiger partial charge in [-0.15, -0.1) is 0 Å². The maximum Gasteiger partial charge on any atom is 0.191 e. The number of aliphatic imine (C=N–C) groups is 1. The lowest BCUT2D eigenvalue weighted by Gasteiger charge is -2.10. The summed E-state index contributed by atoms with van der Waals surface area (Å²) in [5.74, 6) is 1.13. The number of aromatic nitrogens is 1. The van der Waals surface area contributed by atoms with E-state index >= 15 is 0 Å². The molecule has 2 N–H and O–H groups in total. The third-order valence-electron chi connectivity index (χ3n) is 2.82. The molecule has 0 unspecified atom stereocenters. The third kappa shape index (κ3) is 4.59. The Morgan fingerprint density at radius 2 is 2.14 bits per heavy atom. The van der Waals surface area contributed by atoms with Crippen LogP contribution in [0.2, 0.25) is 0 Å². The van der Waals surface area contributed by atoms with Crippen LogP contribution in [0.15, 0.2) is 39.8 Å². The van der Waals surface area contributed by atoms with Gasteiger partial charge in [0, 0.05) is 18.2 Å². The highest BCUT2D eigenvalue weighted by Crippen LogP contribution is 2.07. The largest absolute Gasteiger partial charge is 0.361 e. The first-order valence-corrected chi connectivity index (χ1v) is 6.87. The molecule has 0 aliphatic carbocycles. The number of rotatable bonds is 5. The molecular weight excluding hydrogens is 271 g/mol. The average Bonchev–Trinajstić information content (AvgIpc) is 2.89. The number of nitrogens with one attached hydrogen (secondary N) is 2. The maximum atomic E-state index is 13.5. The van der Waals surface area contributed by atoms with E-state index in [2.05, 4.69) is 20.8 Å². The number of benzene rings is 1. The smallest absolute Gasteiger partial charge is 0.191 e. The van der Waals surface area contributed by atoms with Gasteiger partial charge in [0.25, 0.3) is 0 Å². The van der Waals surface area contributed by atoms with Crippen LogP contribution in [-0.2, 0) is 13.1 Å². The molecule has 1 heterocycles. The zero-order valence-electron chi connectivity index (χ0n) is 12.2. The summed E-state index contributed by atoms with van der Waals surface area (Å²) in [6, 6.07) is 8.48. The molecule has 2 aromatic rings. The zero-order valence-corrected chi connectivity index (χ0v) is 12.2. The second-order valence-electron chi connectivity index (χ2n) is 4.57. The Morgan fingerprint density at radius 3 is 2.81 bits per heavy atom. The van der Waals surface area contributed by atoms with Crippen LogP contribution in [0.5, 0.6) is 0 Å². The Balaban J connectivity index is 1.97. The quantitative estimate of drug-likeness (QED) is 0.655. The molecule has 0 saturated heterocycles. The molecule has 112 valence electrons. The summed E-state index contributed by atoms with van der Waals surface area (Å²) in [6.45, 7) is 5.32. The second-order valence-corrected chi connectivity index (χ2v) is 4.57. The normalized spacial score (nSPS) is 11.5. The van der Waals surface area contributed by atoms with Gasteiger partial charge < -0.3 is 15.2 Å². The fourth-order valence-electron chi connectivity index (χ4n) is 1.81. The Morgan fingerprint density at radius 1 is 1.33 bits per heavy atom. The van der Waals surface area contributed by atoms with Gasteiger partial charge >= 0.3 is 0 Å². The van der Waals surface area contributed by atoms with E-state index in [1.807, 2.05) is 19.9 Å². The summed E-state index contributed by atoms with van der Waals surface area (Å²) >= 11 is 0. The van der Waals surface area contributed by atoms with Crippen molar-refractivity contribution in [2.75, 3.05) is 6.54 Å². The number of guanidine groups is 1. The van der Waals surface area contributed by atoms with E-state index in [4.69, 9.17) is 4.52 Å². The van der Waals surface area contributed by atoms with E-state index < -0.39 is 0 Å². The van der Waals surface area contributed by atoms with E-state index in [0.717, 1.165) is 18.0 Å². The fraction of sp³-hybridized carbons (Fsp3) is 0.333. The molecule has 0 bridgehead atoms. The molecule has 5 nitrogen and oxygen atoms in total. The number of halogens is 1. The van der Waals surface area contributed by atoms with E-state index in [0.29, 0.717) is 18.1 Å². The Hall–Kier alpha value is -2.37. The summed E-state index contributed by atoms with van der Waals surface area (Å²) in [4.78, 5) is 4.36. The number of hydrogen-bond acceptors (Lipinski definition) is 3. The molecule has 0 spiro atoms. The number of nitrogens with zero attached hydrogens (tertiary/aromatic N) is 2. The molecule has 0 saturated carbocycles. The van der Waals surface area contributed by atoms with Crippen molar-refractivity contribution in [2.45, 2.75) is 26.9 Å². The lowest BCUT2D eigenvalue weighted by Crippen LogP contribution is -2.36. The van der Waals surface area contributed by atoms with Gasteiger partial charge in [0.1, 0.15) is 17.3 Å². The fourth-order valence-corrected chi connectivity index (χ4v) is 1.81. The number of aryl methyl sites for hydroxylation is 1. The number of hydrogen-bond donors (Lipinski definition) is 2. The van der Waals surface area contributed by atoms with Crippen LogP contribution in [0.1, 0.15) is 23.9 Å². The molecule has 0 radical (unpaired) electrons. The lowest BCUT2D eigenvalue weighted by atomic mass is 10.2.